The van der Waals surface area contributed by atoms with Gasteiger partial charge in [0.1, 0.15) is 5.82 Å². The molecule has 1 aliphatic rings. The molecule has 5 nitrogen and oxygen atoms in total. The zero-order valence-corrected chi connectivity index (χ0v) is 11.3. The molecule has 0 spiro atoms. The fourth-order valence-corrected chi connectivity index (χ4v) is 3.57. The molecule has 0 unspecified atom stereocenters. The van der Waals surface area contributed by atoms with Crippen LogP contribution in [0.15, 0.2) is 29.2 Å². The second-order valence-corrected chi connectivity index (χ2v) is 6.36. The number of rotatable bonds is 4. The summed E-state index contributed by atoms with van der Waals surface area (Å²) in [6.45, 7) is 2.49. The quantitative estimate of drug-likeness (QED) is 0.855. The Morgan fingerprint density at radius 1 is 1.21 bits per heavy atom. The van der Waals surface area contributed by atoms with E-state index in [1.165, 1.54) is 22.5 Å². The molecule has 1 saturated heterocycles. The number of halogens is 1. The highest BCUT2D eigenvalue weighted by atomic mass is 32.2. The summed E-state index contributed by atoms with van der Waals surface area (Å²) in [7, 11) is -3.62. The minimum Gasteiger partial charge on any atom is -0.395 e. The zero-order valence-electron chi connectivity index (χ0n) is 10.5. The van der Waals surface area contributed by atoms with Crippen LogP contribution in [0, 0.1) is 5.82 Å². The van der Waals surface area contributed by atoms with Crippen molar-refractivity contribution in [3.63, 3.8) is 0 Å². The van der Waals surface area contributed by atoms with Crippen LogP contribution in [0.2, 0.25) is 0 Å². The highest BCUT2D eigenvalue weighted by Gasteiger charge is 2.28. The molecule has 7 heteroatoms. The van der Waals surface area contributed by atoms with Crippen LogP contribution in [0.1, 0.15) is 0 Å². The van der Waals surface area contributed by atoms with Crippen molar-refractivity contribution in [3.8, 4) is 0 Å². The van der Waals surface area contributed by atoms with Crippen LogP contribution in [-0.2, 0) is 10.0 Å². The van der Waals surface area contributed by atoms with E-state index in [-0.39, 0.29) is 11.5 Å². The van der Waals surface area contributed by atoms with E-state index in [1.54, 1.807) is 0 Å². The van der Waals surface area contributed by atoms with Crippen molar-refractivity contribution in [2.24, 2.45) is 0 Å². The second-order valence-electron chi connectivity index (χ2n) is 4.43. The maximum atomic E-state index is 13.1. The van der Waals surface area contributed by atoms with Gasteiger partial charge in [-0.1, -0.05) is 6.07 Å². The molecule has 0 amide bonds. The topological polar surface area (TPSA) is 60.9 Å². The van der Waals surface area contributed by atoms with Gasteiger partial charge in [0.2, 0.25) is 10.0 Å². The molecule has 0 atom stereocenters. The number of nitrogens with zero attached hydrogens (tertiary/aromatic N) is 2. The Balaban J connectivity index is 2.10. The third-order valence-electron chi connectivity index (χ3n) is 3.18. The average Bonchev–Trinajstić information content (AvgIpc) is 2.40. The van der Waals surface area contributed by atoms with E-state index in [0.29, 0.717) is 32.7 Å². The van der Waals surface area contributed by atoms with Gasteiger partial charge in [0.15, 0.2) is 0 Å². The molecule has 1 N–H and O–H groups in total. The number of aliphatic hydroxyl groups excluding tert-OH is 1. The predicted molar refractivity (Wildman–Crippen MR) is 68.7 cm³/mol. The third kappa shape index (κ3) is 3.30. The van der Waals surface area contributed by atoms with Crippen molar-refractivity contribution < 1.29 is 17.9 Å². The summed E-state index contributed by atoms with van der Waals surface area (Å²) in [5.41, 5.74) is 0. The number of hydrogen-bond donors (Lipinski definition) is 1. The molecule has 0 aliphatic carbocycles. The summed E-state index contributed by atoms with van der Waals surface area (Å²) in [5.74, 6) is -0.556. The summed E-state index contributed by atoms with van der Waals surface area (Å²) >= 11 is 0. The van der Waals surface area contributed by atoms with Gasteiger partial charge in [-0.05, 0) is 18.2 Å². The van der Waals surface area contributed by atoms with Gasteiger partial charge in [-0.25, -0.2) is 12.8 Å². The number of β-amino-alcohol motifs (C(OH)–C–C–N with tert-alkyl or cyclic N) is 1. The minimum absolute atomic E-state index is 0.0110. The molecule has 1 heterocycles. The molecule has 1 aromatic carbocycles. The standard InChI is InChI=1S/C12H17FN2O3S/c13-11-2-1-3-12(10-11)19(17,18)15-6-4-14(5-7-15)8-9-16/h1-3,10,16H,4-9H2. The molecule has 1 fully saturated rings. The molecule has 2 rings (SSSR count). The lowest BCUT2D eigenvalue weighted by Gasteiger charge is -2.33. The first-order valence-corrected chi connectivity index (χ1v) is 7.57. The summed E-state index contributed by atoms with van der Waals surface area (Å²) in [5, 5.41) is 8.84. The van der Waals surface area contributed by atoms with Crippen LogP contribution in [0.4, 0.5) is 4.39 Å². The summed E-state index contributed by atoms with van der Waals surface area (Å²) in [6.07, 6.45) is 0. The number of aliphatic hydroxyl groups is 1. The van der Waals surface area contributed by atoms with E-state index in [2.05, 4.69) is 0 Å². The van der Waals surface area contributed by atoms with Crippen LogP contribution in [0.3, 0.4) is 0 Å². The van der Waals surface area contributed by atoms with E-state index < -0.39 is 15.8 Å². The van der Waals surface area contributed by atoms with E-state index in [9.17, 15) is 12.8 Å². The molecule has 106 valence electrons. The first-order chi connectivity index (χ1) is 9.04. The van der Waals surface area contributed by atoms with Gasteiger partial charge in [0, 0.05) is 32.7 Å². The Bertz CT molecular complexity index is 528. The minimum atomic E-state index is -3.62. The SMILES string of the molecule is O=S(=O)(c1cccc(F)c1)N1CCN(CCO)CC1. The van der Waals surface area contributed by atoms with Crippen molar-refractivity contribution in [3.05, 3.63) is 30.1 Å². The Hall–Kier alpha value is -1.02. The van der Waals surface area contributed by atoms with Crippen molar-refractivity contribution >= 4 is 10.0 Å². The van der Waals surface area contributed by atoms with Gasteiger partial charge in [-0.2, -0.15) is 4.31 Å². The molecule has 1 aliphatic heterocycles. The van der Waals surface area contributed by atoms with Crippen LogP contribution in [-0.4, -0.2) is 62.1 Å². The van der Waals surface area contributed by atoms with Crippen LogP contribution < -0.4 is 0 Å². The second kappa shape index (κ2) is 5.96. The average molecular weight is 288 g/mol. The molecular weight excluding hydrogens is 271 g/mol. The maximum Gasteiger partial charge on any atom is 0.243 e. The lowest BCUT2D eigenvalue weighted by molar-refractivity contribution is 0.151. The highest BCUT2D eigenvalue weighted by molar-refractivity contribution is 7.89. The Morgan fingerprint density at radius 2 is 1.89 bits per heavy atom. The molecule has 0 aromatic heterocycles. The Kier molecular flexibility index (Phi) is 4.51. The summed E-state index contributed by atoms with van der Waals surface area (Å²) in [4.78, 5) is 1.99. The number of benzene rings is 1. The van der Waals surface area contributed by atoms with Gasteiger partial charge in [-0.15, -0.1) is 0 Å². The van der Waals surface area contributed by atoms with Gasteiger partial charge in [0.05, 0.1) is 11.5 Å². The molecule has 19 heavy (non-hydrogen) atoms. The first kappa shape index (κ1) is 14.4. The Morgan fingerprint density at radius 3 is 2.47 bits per heavy atom. The monoisotopic (exact) mass is 288 g/mol. The van der Waals surface area contributed by atoms with E-state index in [0.717, 1.165) is 6.07 Å². The van der Waals surface area contributed by atoms with Gasteiger partial charge >= 0.3 is 0 Å². The summed E-state index contributed by atoms with van der Waals surface area (Å²) in [6, 6.07) is 5.05. The van der Waals surface area contributed by atoms with Crippen LogP contribution in [0.25, 0.3) is 0 Å². The van der Waals surface area contributed by atoms with E-state index in [4.69, 9.17) is 5.11 Å². The van der Waals surface area contributed by atoms with Crippen molar-refractivity contribution in [2.75, 3.05) is 39.3 Å². The fourth-order valence-electron chi connectivity index (χ4n) is 2.11. The van der Waals surface area contributed by atoms with Crippen LogP contribution >= 0.6 is 0 Å². The molecular formula is C12H17FN2O3S. The Labute approximate surface area is 112 Å². The smallest absolute Gasteiger partial charge is 0.243 e. The van der Waals surface area contributed by atoms with E-state index in [1.807, 2.05) is 4.90 Å². The van der Waals surface area contributed by atoms with Crippen molar-refractivity contribution in [2.45, 2.75) is 4.90 Å². The summed E-state index contributed by atoms with van der Waals surface area (Å²) < 4.78 is 39.1. The van der Waals surface area contributed by atoms with Gasteiger partial charge in [0.25, 0.3) is 0 Å². The zero-order chi connectivity index (χ0) is 13.9. The maximum absolute atomic E-state index is 13.1. The molecule has 0 radical (unpaired) electrons. The highest BCUT2D eigenvalue weighted by Crippen LogP contribution is 2.18. The number of hydrogen-bond acceptors (Lipinski definition) is 4. The lowest BCUT2D eigenvalue weighted by Crippen LogP contribution is -2.49. The van der Waals surface area contributed by atoms with Crippen molar-refractivity contribution in [1.82, 2.24) is 9.21 Å². The third-order valence-corrected chi connectivity index (χ3v) is 5.08. The number of sulfonamides is 1. The predicted octanol–water partition coefficient (Wildman–Crippen LogP) is 0.124. The normalized spacial score (nSPS) is 18.6. The van der Waals surface area contributed by atoms with Gasteiger partial charge in [-0.3, -0.25) is 4.90 Å². The van der Waals surface area contributed by atoms with Gasteiger partial charge < -0.3 is 5.11 Å². The largest absolute Gasteiger partial charge is 0.395 e. The molecule has 0 saturated carbocycles. The van der Waals surface area contributed by atoms with Crippen LogP contribution in [0.5, 0.6) is 0 Å². The fraction of sp³-hybridized carbons (Fsp3) is 0.500. The molecule has 0 bridgehead atoms. The lowest BCUT2D eigenvalue weighted by atomic mass is 10.3. The number of piperazine rings is 1. The van der Waals surface area contributed by atoms with E-state index >= 15 is 0 Å². The van der Waals surface area contributed by atoms with Crippen molar-refractivity contribution in [1.29, 1.82) is 0 Å². The first-order valence-electron chi connectivity index (χ1n) is 6.13. The molecule has 1 aromatic rings.